The van der Waals surface area contributed by atoms with Gasteiger partial charge in [-0.2, -0.15) is 0 Å². The summed E-state index contributed by atoms with van der Waals surface area (Å²) in [6.45, 7) is 9.38. The quantitative estimate of drug-likeness (QED) is 0.812. The van der Waals surface area contributed by atoms with Crippen LogP contribution in [0, 0.1) is 13.8 Å². The van der Waals surface area contributed by atoms with E-state index in [9.17, 15) is 0 Å². The molecule has 0 saturated carbocycles. The van der Waals surface area contributed by atoms with Gasteiger partial charge < -0.3 is 9.88 Å². The second-order valence-electron chi connectivity index (χ2n) is 4.59. The lowest BCUT2D eigenvalue weighted by Gasteiger charge is -2.03. The number of nitrogens with zero attached hydrogens (tertiary/aromatic N) is 2. The first kappa shape index (κ1) is 13.3. The summed E-state index contributed by atoms with van der Waals surface area (Å²) in [7, 11) is 0. The molecule has 0 aliphatic carbocycles. The first-order valence-corrected chi connectivity index (χ1v) is 7.29. The Bertz CT molecular complexity index is 499. The zero-order chi connectivity index (χ0) is 13.0. The van der Waals surface area contributed by atoms with Gasteiger partial charge in [0.25, 0.3) is 0 Å². The summed E-state index contributed by atoms with van der Waals surface area (Å²) in [5.41, 5.74) is 2.38. The maximum Gasteiger partial charge on any atom is 0.0954 e. The molecule has 18 heavy (non-hydrogen) atoms. The molecule has 4 heteroatoms. The number of aromatic nitrogens is 2. The lowest BCUT2D eigenvalue weighted by atomic mass is 10.3. The highest BCUT2D eigenvalue weighted by Crippen LogP contribution is 2.18. The van der Waals surface area contributed by atoms with Gasteiger partial charge in [0.05, 0.1) is 18.6 Å². The van der Waals surface area contributed by atoms with Crippen LogP contribution < -0.4 is 5.32 Å². The Morgan fingerprint density at radius 3 is 2.72 bits per heavy atom. The molecule has 0 saturated heterocycles. The molecule has 2 aromatic heterocycles. The van der Waals surface area contributed by atoms with Gasteiger partial charge in [-0.1, -0.05) is 6.92 Å². The van der Waals surface area contributed by atoms with Gasteiger partial charge in [-0.05, 0) is 38.9 Å². The molecule has 0 radical (unpaired) electrons. The first-order chi connectivity index (χ1) is 8.70. The van der Waals surface area contributed by atoms with E-state index in [0.717, 1.165) is 25.3 Å². The van der Waals surface area contributed by atoms with Crippen molar-refractivity contribution in [2.75, 3.05) is 6.54 Å². The Hall–Kier alpha value is -1.13. The van der Waals surface area contributed by atoms with Crippen molar-refractivity contribution in [3.8, 4) is 0 Å². The minimum atomic E-state index is 0.936. The fourth-order valence-corrected chi connectivity index (χ4v) is 2.85. The van der Waals surface area contributed by atoms with Crippen molar-refractivity contribution in [2.24, 2.45) is 0 Å². The van der Waals surface area contributed by atoms with Crippen molar-refractivity contribution in [1.82, 2.24) is 14.9 Å². The zero-order valence-electron chi connectivity index (χ0n) is 11.4. The number of rotatable bonds is 6. The Kier molecular flexibility index (Phi) is 4.55. The van der Waals surface area contributed by atoms with Crippen molar-refractivity contribution >= 4 is 11.3 Å². The monoisotopic (exact) mass is 263 g/mol. The number of hydrogen-bond donors (Lipinski definition) is 1. The van der Waals surface area contributed by atoms with Gasteiger partial charge in [-0.3, -0.25) is 0 Å². The van der Waals surface area contributed by atoms with Crippen molar-refractivity contribution in [2.45, 2.75) is 40.3 Å². The Balaban J connectivity index is 1.96. The molecule has 98 valence electrons. The van der Waals surface area contributed by atoms with E-state index in [1.807, 2.05) is 17.7 Å². The minimum absolute atomic E-state index is 0.936. The first-order valence-electron chi connectivity index (χ1n) is 6.47. The Labute approximate surface area is 113 Å². The molecule has 0 unspecified atom stereocenters. The van der Waals surface area contributed by atoms with Crippen LogP contribution in [0.15, 0.2) is 18.5 Å². The van der Waals surface area contributed by atoms with E-state index in [4.69, 9.17) is 0 Å². The molecule has 3 nitrogen and oxygen atoms in total. The van der Waals surface area contributed by atoms with Crippen LogP contribution in [0.1, 0.15) is 34.5 Å². The van der Waals surface area contributed by atoms with Gasteiger partial charge in [-0.25, -0.2) is 4.98 Å². The lowest BCUT2D eigenvalue weighted by Crippen LogP contribution is -2.12. The topological polar surface area (TPSA) is 29.9 Å². The molecule has 0 atom stereocenters. The molecule has 0 aliphatic heterocycles. The third-order valence-electron chi connectivity index (χ3n) is 3.11. The van der Waals surface area contributed by atoms with Gasteiger partial charge in [0.1, 0.15) is 0 Å². The second kappa shape index (κ2) is 6.16. The SMILES string of the molecule is CCCNCc1ccc(Cn2cnc(C)c2C)s1. The highest BCUT2D eigenvalue weighted by atomic mass is 32.1. The average Bonchev–Trinajstić information content (AvgIpc) is 2.92. The highest BCUT2D eigenvalue weighted by Gasteiger charge is 2.05. The van der Waals surface area contributed by atoms with E-state index in [2.05, 4.69) is 47.8 Å². The summed E-state index contributed by atoms with van der Waals surface area (Å²) in [5, 5.41) is 3.44. The minimum Gasteiger partial charge on any atom is -0.329 e. The molecule has 0 aromatic carbocycles. The van der Waals surface area contributed by atoms with Crippen LogP contribution in [-0.4, -0.2) is 16.1 Å². The van der Waals surface area contributed by atoms with Crippen LogP contribution in [0.4, 0.5) is 0 Å². The van der Waals surface area contributed by atoms with Crippen LogP contribution in [0.2, 0.25) is 0 Å². The smallest absolute Gasteiger partial charge is 0.0954 e. The fourth-order valence-electron chi connectivity index (χ4n) is 1.86. The molecule has 1 N–H and O–H groups in total. The third-order valence-corrected chi connectivity index (χ3v) is 4.18. The van der Waals surface area contributed by atoms with Gasteiger partial charge >= 0.3 is 0 Å². The maximum atomic E-state index is 4.34. The van der Waals surface area contributed by atoms with E-state index < -0.39 is 0 Å². The molecule has 0 bridgehead atoms. The average molecular weight is 263 g/mol. The molecule has 0 spiro atoms. The molecule has 2 rings (SSSR count). The largest absolute Gasteiger partial charge is 0.329 e. The van der Waals surface area contributed by atoms with Crippen LogP contribution in [-0.2, 0) is 13.1 Å². The molecule has 0 amide bonds. The number of aryl methyl sites for hydroxylation is 1. The fraction of sp³-hybridized carbons (Fsp3) is 0.500. The van der Waals surface area contributed by atoms with Gasteiger partial charge in [0.15, 0.2) is 0 Å². The standard InChI is InChI=1S/C14H21N3S/c1-4-7-15-8-13-5-6-14(18-13)9-17-10-16-11(2)12(17)3/h5-6,10,15H,4,7-9H2,1-3H3. The zero-order valence-corrected chi connectivity index (χ0v) is 12.2. The van der Waals surface area contributed by atoms with Gasteiger partial charge in [-0.15, -0.1) is 11.3 Å². The lowest BCUT2D eigenvalue weighted by molar-refractivity contribution is 0.681. The van der Waals surface area contributed by atoms with Crippen molar-refractivity contribution in [3.05, 3.63) is 39.6 Å². The molecule has 0 fully saturated rings. The Morgan fingerprint density at radius 2 is 2.06 bits per heavy atom. The predicted octanol–water partition coefficient (Wildman–Crippen LogP) is 3.11. The molecule has 2 aromatic rings. The van der Waals surface area contributed by atoms with E-state index in [1.165, 1.54) is 21.9 Å². The van der Waals surface area contributed by atoms with Gasteiger partial charge in [0.2, 0.25) is 0 Å². The summed E-state index contributed by atoms with van der Waals surface area (Å²) < 4.78 is 2.21. The summed E-state index contributed by atoms with van der Waals surface area (Å²) in [5.74, 6) is 0. The van der Waals surface area contributed by atoms with E-state index in [1.54, 1.807) is 0 Å². The number of nitrogens with one attached hydrogen (secondary N) is 1. The summed E-state index contributed by atoms with van der Waals surface area (Å²) in [6.07, 6.45) is 3.12. The number of thiophene rings is 1. The van der Waals surface area contributed by atoms with E-state index >= 15 is 0 Å². The van der Waals surface area contributed by atoms with E-state index in [-0.39, 0.29) is 0 Å². The van der Waals surface area contributed by atoms with Crippen molar-refractivity contribution in [3.63, 3.8) is 0 Å². The molecular formula is C14H21N3S. The van der Waals surface area contributed by atoms with Crippen LogP contribution in [0.25, 0.3) is 0 Å². The summed E-state index contributed by atoms with van der Waals surface area (Å²) in [6, 6.07) is 4.45. The number of hydrogen-bond acceptors (Lipinski definition) is 3. The van der Waals surface area contributed by atoms with Crippen molar-refractivity contribution < 1.29 is 0 Å². The predicted molar refractivity (Wildman–Crippen MR) is 77.1 cm³/mol. The molecule has 2 heterocycles. The van der Waals surface area contributed by atoms with Crippen LogP contribution >= 0.6 is 11.3 Å². The molecule has 0 aliphatic rings. The summed E-state index contributed by atoms with van der Waals surface area (Å²) >= 11 is 1.89. The summed E-state index contributed by atoms with van der Waals surface area (Å²) in [4.78, 5) is 7.14. The van der Waals surface area contributed by atoms with Crippen LogP contribution in [0.5, 0.6) is 0 Å². The second-order valence-corrected chi connectivity index (χ2v) is 5.84. The Morgan fingerprint density at radius 1 is 1.28 bits per heavy atom. The van der Waals surface area contributed by atoms with E-state index in [0.29, 0.717) is 0 Å². The normalized spacial score (nSPS) is 11.1. The number of imidazole rings is 1. The highest BCUT2D eigenvalue weighted by molar-refractivity contribution is 7.11. The van der Waals surface area contributed by atoms with Crippen molar-refractivity contribution in [1.29, 1.82) is 0 Å². The van der Waals surface area contributed by atoms with Crippen LogP contribution in [0.3, 0.4) is 0 Å². The third kappa shape index (κ3) is 3.21. The van der Waals surface area contributed by atoms with Gasteiger partial charge in [0, 0.05) is 22.0 Å². The molecular weight excluding hydrogens is 242 g/mol. The maximum absolute atomic E-state index is 4.34.